The van der Waals surface area contributed by atoms with E-state index in [1.807, 2.05) is 0 Å². The molecule has 1 unspecified atom stereocenters. The van der Waals surface area contributed by atoms with Gasteiger partial charge in [-0.2, -0.15) is 0 Å². The van der Waals surface area contributed by atoms with E-state index >= 15 is 0 Å². The van der Waals surface area contributed by atoms with Gasteiger partial charge >= 0.3 is 5.97 Å². The molecule has 1 fully saturated rings. The van der Waals surface area contributed by atoms with E-state index in [0.29, 0.717) is 18.2 Å². The summed E-state index contributed by atoms with van der Waals surface area (Å²) in [4.78, 5) is 21.7. The van der Waals surface area contributed by atoms with Crippen LogP contribution in [-0.2, 0) is 6.54 Å². The molecule has 0 aliphatic heterocycles. The van der Waals surface area contributed by atoms with Crippen LogP contribution in [0.2, 0.25) is 0 Å². The maximum absolute atomic E-state index is 11.3. The third-order valence-corrected chi connectivity index (χ3v) is 4.34. The normalized spacial score (nSPS) is 20.4. The summed E-state index contributed by atoms with van der Waals surface area (Å²) in [7, 11) is 0. The topological polar surface area (TPSA) is 92.5 Å². The Labute approximate surface area is 123 Å². The molecule has 6 nitrogen and oxygen atoms in total. The Bertz CT molecular complexity index is 569. The summed E-state index contributed by atoms with van der Waals surface area (Å²) in [6, 6.07) is 4.69. The largest absolute Gasteiger partial charge is 0.477 e. The van der Waals surface area contributed by atoms with E-state index in [-0.39, 0.29) is 16.7 Å². The highest BCUT2D eigenvalue weighted by molar-refractivity contribution is 5.94. The van der Waals surface area contributed by atoms with Crippen LogP contribution < -0.4 is 5.32 Å². The highest BCUT2D eigenvalue weighted by atomic mass is 16.6. The van der Waals surface area contributed by atoms with Gasteiger partial charge in [-0.05, 0) is 23.8 Å². The van der Waals surface area contributed by atoms with Crippen molar-refractivity contribution in [2.24, 2.45) is 5.41 Å². The van der Waals surface area contributed by atoms with E-state index in [1.54, 1.807) is 6.07 Å². The predicted molar refractivity (Wildman–Crippen MR) is 78.3 cm³/mol. The summed E-state index contributed by atoms with van der Waals surface area (Å²) in [5.41, 5.74) is 0.0575. The standard InChI is InChI=1S/C15H20N2O4/c1-15(2)8-4-7-12(15)16-9-10-5-3-6-11(17(20)21)13(10)14(18)19/h3,5-6,12,16H,4,7-9H2,1-2H3,(H,18,19). The molecule has 114 valence electrons. The van der Waals surface area contributed by atoms with Gasteiger partial charge in [-0.25, -0.2) is 4.79 Å². The number of benzene rings is 1. The summed E-state index contributed by atoms with van der Waals surface area (Å²) < 4.78 is 0. The van der Waals surface area contributed by atoms with Gasteiger partial charge in [0.05, 0.1) is 4.92 Å². The molecule has 0 radical (unpaired) electrons. The van der Waals surface area contributed by atoms with Crippen LogP contribution in [0.15, 0.2) is 18.2 Å². The van der Waals surface area contributed by atoms with Crippen LogP contribution in [0.3, 0.4) is 0 Å². The number of carbonyl (C=O) groups is 1. The van der Waals surface area contributed by atoms with Crippen LogP contribution in [0, 0.1) is 15.5 Å². The second-order valence-electron chi connectivity index (χ2n) is 6.19. The highest BCUT2D eigenvalue weighted by Gasteiger charge is 2.34. The molecule has 0 saturated heterocycles. The van der Waals surface area contributed by atoms with Crippen molar-refractivity contribution < 1.29 is 14.8 Å². The first-order valence-electron chi connectivity index (χ1n) is 7.06. The Balaban J connectivity index is 2.22. The van der Waals surface area contributed by atoms with Crippen molar-refractivity contribution in [1.29, 1.82) is 0 Å². The van der Waals surface area contributed by atoms with E-state index in [0.717, 1.165) is 19.3 Å². The van der Waals surface area contributed by atoms with Crippen LogP contribution >= 0.6 is 0 Å². The number of hydrogen-bond acceptors (Lipinski definition) is 4. The molecule has 2 rings (SSSR count). The van der Waals surface area contributed by atoms with Crippen LogP contribution in [0.1, 0.15) is 49.0 Å². The van der Waals surface area contributed by atoms with Gasteiger partial charge in [-0.3, -0.25) is 10.1 Å². The molecule has 0 heterocycles. The Morgan fingerprint density at radius 2 is 2.24 bits per heavy atom. The van der Waals surface area contributed by atoms with Crippen molar-refractivity contribution in [1.82, 2.24) is 5.32 Å². The fourth-order valence-corrected chi connectivity index (χ4v) is 3.07. The van der Waals surface area contributed by atoms with Gasteiger partial charge in [0.2, 0.25) is 0 Å². The molecule has 1 aromatic rings. The van der Waals surface area contributed by atoms with Crippen molar-refractivity contribution in [2.45, 2.75) is 45.7 Å². The lowest BCUT2D eigenvalue weighted by Gasteiger charge is -2.28. The molecule has 1 saturated carbocycles. The van der Waals surface area contributed by atoms with Gasteiger partial charge in [-0.1, -0.05) is 32.4 Å². The molecule has 1 aliphatic rings. The number of nitrogens with one attached hydrogen (secondary N) is 1. The van der Waals surface area contributed by atoms with E-state index in [2.05, 4.69) is 19.2 Å². The average Bonchev–Trinajstić information content (AvgIpc) is 2.74. The summed E-state index contributed by atoms with van der Waals surface area (Å²) in [5.74, 6) is -1.26. The number of nitro groups is 1. The first kappa shape index (κ1) is 15.4. The second-order valence-corrected chi connectivity index (χ2v) is 6.19. The first-order valence-corrected chi connectivity index (χ1v) is 7.06. The minimum Gasteiger partial charge on any atom is -0.477 e. The molecule has 6 heteroatoms. The first-order chi connectivity index (χ1) is 9.83. The number of rotatable bonds is 5. The molecule has 0 aromatic heterocycles. The second kappa shape index (κ2) is 5.81. The van der Waals surface area contributed by atoms with Gasteiger partial charge in [0, 0.05) is 18.7 Å². The Morgan fingerprint density at radius 3 is 2.76 bits per heavy atom. The zero-order valence-electron chi connectivity index (χ0n) is 12.3. The lowest BCUT2D eigenvalue weighted by atomic mass is 9.87. The maximum Gasteiger partial charge on any atom is 0.343 e. The van der Waals surface area contributed by atoms with Crippen LogP contribution in [0.5, 0.6) is 0 Å². The Kier molecular flexibility index (Phi) is 4.27. The lowest BCUT2D eigenvalue weighted by molar-refractivity contribution is -0.385. The zero-order chi connectivity index (χ0) is 15.6. The number of carboxylic acid groups (broad SMARTS) is 1. The van der Waals surface area contributed by atoms with E-state index < -0.39 is 10.9 Å². The van der Waals surface area contributed by atoms with Crippen LogP contribution in [-0.4, -0.2) is 22.0 Å². The minimum absolute atomic E-state index is 0.171. The fraction of sp³-hybridized carbons (Fsp3) is 0.533. The van der Waals surface area contributed by atoms with Gasteiger partial charge in [-0.15, -0.1) is 0 Å². The third-order valence-electron chi connectivity index (χ3n) is 4.34. The minimum atomic E-state index is -1.26. The van der Waals surface area contributed by atoms with Crippen molar-refractivity contribution in [3.05, 3.63) is 39.4 Å². The van der Waals surface area contributed by atoms with E-state index in [9.17, 15) is 20.0 Å². The van der Waals surface area contributed by atoms with E-state index in [4.69, 9.17) is 0 Å². The van der Waals surface area contributed by atoms with Gasteiger partial charge in [0.1, 0.15) is 5.56 Å². The fourth-order valence-electron chi connectivity index (χ4n) is 3.07. The van der Waals surface area contributed by atoms with Crippen LogP contribution in [0.4, 0.5) is 5.69 Å². The maximum atomic E-state index is 11.3. The molecule has 0 bridgehead atoms. The van der Waals surface area contributed by atoms with Crippen molar-refractivity contribution in [3.8, 4) is 0 Å². The quantitative estimate of drug-likeness (QED) is 0.643. The van der Waals surface area contributed by atoms with Crippen molar-refractivity contribution in [2.75, 3.05) is 0 Å². The summed E-state index contributed by atoms with van der Waals surface area (Å²) in [6.07, 6.45) is 3.32. The molecule has 1 aliphatic carbocycles. The lowest BCUT2D eigenvalue weighted by Crippen LogP contribution is -2.37. The molecular weight excluding hydrogens is 272 g/mol. The highest BCUT2D eigenvalue weighted by Crippen LogP contribution is 2.37. The molecule has 0 amide bonds. The van der Waals surface area contributed by atoms with Gasteiger partial charge in [0.15, 0.2) is 0 Å². The van der Waals surface area contributed by atoms with Gasteiger partial charge < -0.3 is 10.4 Å². The average molecular weight is 292 g/mol. The number of carboxylic acids is 1. The molecule has 0 spiro atoms. The molecular formula is C15H20N2O4. The summed E-state index contributed by atoms with van der Waals surface area (Å²) in [5, 5.41) is 23.6. The van der Waals surface area contributed by atoms with Crippen molar-refractivity contribution in [3.63, 3.8) is 0 Å². The van der Waals surface area contributed by atoms with Crippen molar-refractivity contribution >= 4 is 11.7 Å². The SMILES string of the molecule is CC1(C)CCCC1NCc1cccc([N+](=O)[O-])c1C(=O)O. The third kappa shape index (κ3) is 3.21. The smallest absolute Gasteiger partial charge is 0.343 e. The Hall–Kier alpha value is -1.95. The number of nitrogens with zero attached hydrogens (tertiary/aromatic N) is 1. The number of aromatic carboxylic acids is 1. The van der Waals surface area contributed by atoms with Gasteiger partial charge in [0.25, 0.3) is 5.69 Å². The number of hydrogen-bond donors (Lipinski definition) is 2. The molecule has 1 atom stereocenters. The number of nitro benzene ring substituents is 1. The Morgan fingerprint density at radius 1 is 1.52 bits per heavy atom. The zero-order valence-corrected chi connectivity index (χ0v) is 12.3. The summed E-state index contributed by atoms with van der Waals surface area (Å²) >= 11 is 0. The predicted octanol–water partition coefficient (Wildman–Crippen LogP) is 2.96. The molecule has 1 aromatic carbocycles. The van der Waals surface area contributed by atoms with E-state index in [1.165, 1.54) is 12.1 Å². The summed E-state index contributed by atoms with van der Waals surface area (Å²) in [6.45, 7) is 4.70. The molecule has 21 heavy (non-hydrogen) atoms. The monoisotopic (exact) mass is 292 g/mol. The van der Waals surface area contributed by atoms with Crippen LogP contribution in [0.25, 0.3) is 0 Å². The molecule has 2 N–H and O–H groups in total.